The number of anilines is 1. The molecule has 0 radical (unpaired) electrons. The fourth-order valence-corrected chi connectivity index (χ4v) is 1.99. The van der Waals surface area contributed by atoms with E-state index in [4.69, 9.17) is 0 Å². The fraction of sp³-hybridized carbons (Fsp3) is 0.143. The first kappa shape index (κ1) is 11.5. The second-order valence-electron chi connectivity index (χ2n) is 4.58. The minimum absolute atomic E-state index is 0.126. The molecule has 3 rings (SSSR count). The Balaban J connectivity index is 2.26. The summed E-state index contributed by atoms with van der Waals surface area (Å²) >= 11 is 0. The minimum atomic E-state index is -0.126. The number of nitrogens with one attached hydrogen (secondary N) is 1. The predicted molar refractivity (Wildman–Crippen MR) is 76.0 cm³/mol. The van der Waals surface area contributed by atoms with E-state index in [2.05, 4.69) is 9.97 Å². The van der Waals surface area contributed by atoms with Crippen molar-refractivity contribution in [3.8, 4) is 5.95 Å². The van der Waals surface area contributed by atoms with Crippen LogP contribution in [0, 0.1) is 0 Å². The summed E-state index contributed by atoms with van der Waals surface area (Å²) in [5, 5.41) is 0.599. The molecule has 1 N–H and O–H groups in total. The van der Waals surface area contributed by atoms with Gasteiger partial charge in [-0.1, -0.05) is 0 Å². The van der Waals surface area contributed by atoms with Crippen molar-refractivity contribution in [1.82, 2.24) is 14.5 Å². The number of nitrogens with zero attached hydrogens (tertiary/aromatic N) is 3. The molecule has 1 aromatic carbocycles. The summed E-state index contributed by atoms with van der Waals surface area (Å²) in [4.78, 5) is 21.3. The molecule has 0 amide bonds. The van der Waals surface area contributed by atoms with Gasteiger partial charge >= 0.3 is 0 Å². The molecular formula is C14H14N4O. The Morgan fingerprint density at radius 2 is 1.95 bits per heavy atom. The highest BCUT2D eigenvalue weighted by Gasteiger charge is 2.06. The number of aromatic nitrogens is 3. The Hall–Kier alpha value is -2.56. The van der Waals surface area contributed by atoms with E-state index in [0.29, 0.717) is 16.9 Å². The Kier molecular flexibility index (Phi) is 2.59. The number of aromatic amines is 1. The monoisotopic (exact) mass is 254 g/mol. The van der Waals surface area contributed by atoms with E-state index in [1.54, 1.807) is 10.6 Å². The normalized spacial score (nSPS) is 10.8. The maximum atomic E-state index is 12.1. The lowest BCUT2D eigenvalue weighted by Crippen LogP contribution is -2.14. The van der Waals surface area contributed by atoms with Crippen molar-refractivity contribution in [3.63, 3.8) is 0 Å². The average Bonchev–Trinajstić information content (AvgIpc) is 2.91. The minimum Gasteiger partial charge on any atom is -0.378 e. The molecule has 5 heteroatoms. The quantitative estimate of drug-likeness (QED) is 0.758. The Labute approximate surface area is 110 Å². The topological polar surface area (TPSA) is 53.9 Å². The van der Waals surface area contributed by atoms with Gasteiger partial charge in [0.1, 0.15) is 0 Å². The van der Waals surface area contributed by atoms with Crippen LogP contribution in [-0.2, 0) is 0 Å². The first-order chi connectivity index (χ1) is 9.15. The summed E-state index contributed by atoms with van der Waals surface area (Å²) in [6, 6.07) is 9.41. The van der Waals surface area contributed by atoms with Gasteiger partial charge in [-0.15, -0.1) is 0 Å². The van der Waals surface area contributed by atoms with Crippen LogP contribution in [0.5, 0.6) is 0 Å². The molecule has 0 spiro atoms. The summed E-state index contributed by atoms with van der Waals surface area (Å²) in [5.74, 6) is 0.526. The largest absolute Gasteiger partial charge is 0.378 e. The van der Waals surface area contributed by atoms with E-state index >= 15 is 0 Å². The Morgan fingerprint density at radius 1 is 1.21 bits per heavy atom. The van der Waals surface area contributed by atoms with Crippen LogP contribution >= 0.6 is 0 Å². The van der Waals surface area contributed by atoms with Gasteiger partial charge < -0.3 is 4.90 Å². The lowest BCUT2D eigenvalue weighted by atomic mass is 10.2. The van der Waals surface area contributed by atoms with Gasteiger partial charge in [-0.25, -0.2) is 4.98 Å². The molecular weight excluding hydrogens is 240 g/mol. The Bertz CT molecular complexity index is 772. The van der Waals surface area contributed by atoms with Crippen LogP contribution in [0.15, 0.2) is 47.5 Å². The second kappa shape index (κ2) is 4.28. The van der Waals surface area contributed by atoms with Crippen LogP contribution in [0.2, 0.25) is 0 Å². The zero-order chi connectivity index (χ0) is 13.4. The summed E-state index contributed by atoms with van der Waals surface area (Å²) in [6.07, 6.45) is 3.69. The summed E-state index contributed by atoms with van der Waals surface area (Å²) in [7, 11) is 3.92. The highest BCUT2D eigenvalue weighted by Crippen LogP contribution is 2.17. The molecule has 5 nitrogen and oxygen atoms in total. The molecule has 0 aliphatic heterocycles. The maximum Gasteiger partial charge on any atom is 0.260 e. The number of fused-ring (bicyclic) bond motifs is 1. The molecule has 19 heavy (non-hydrogen) atoms. The van der Waals surface area contributed by atoms with E-state index in [9.17, 15) is 4.79 Å². The highest BCUT2D eigenvalue weighted by molar-refractivity contribution is 5.81. The standard InChI is InChI=1S/C14H14N4O/c1-17(2)10-5-6-11-12(9-10)15-14(16-13(11)19)18-7-3-4-8-18/h3-9H,1-2H3,(H,15,16,19). The van der Waals surface area contributed by atoms with Crippen molar-refractivity contribution < 1.29 is 0 Å². The van der Waals surface area contributed by atoms with Gasteiger partial charge in [0.2, 0.25) is 5.95 Å². The van der Waals surface area contributed by atoms with Crippen molar-refractivity contribution in [1.29, 1.82) is 0 Å². The molecule has 96 valence electrons. The van der Waals surface area contributed by atoms with E-state index in [1.165, 1.54) is 0 Å². The predicted octanol–water partition coefficient (Wildman–Crippen LogP) is 1.78. The molecule has 0 aliphatic rings. The molecule has 0 unspecified atom stereocenters. The van der Waals surface area contributed by atoms with E-state index in [-0.39, 0.29) is 5.56 Å². The molecule has 2 heterocycles. The van der Waals surface area contributed by atoms with Crippen molar-refractivity contribution in [2.75, 3.05) is 19.0 Å². The molecule has 0 atom stereocenters. The van der Waals surface area contributed by atoms with Crippen molar-refractivity contribution in [3.05, 3.63) is 53.1 Å². The van der Waals surface area contributed by atoms with Gasteiger partial charge in [-0.05, 0) is 30.3 Å². The summed E-state index contributed by atoms with van der Waals surface area (Å²) < 4.78 is 1.78. The van der Waals surface area contributed by atoms with E-state index < -0.39 is 0 Å². The number of benzene rings is 1. The van der Waals surface area contributed by atoms with Crippen molar-refractivity contribution in [2.24, 2.45) is 0 Å². The molecule has 0 aliphatic carbocycles. The van der Waals surface area contributed by atoms with Gasteiger partial charge in [0, 0.05) is 32.2 Å². The highest BCUT2D eigenvalue weighted by atomic mass is 16.1. The average molecular weight is 254 g/mol. The third-order valence-corrected chi connectivity index (χ3v) is 3.04. The van der Waals surface area contributed by atoms with E-state index in [0.717, 1.165) is 5.69 Å². The number of rotatable bonds is 2. The molecule has 2 aromatic heterocycles. The van der Waals surface area contributed by atoms with Crippen LogP contribution < -0.4 is 10.5 Å². The van der Waals surface area contributed by atoms with Crippen molar-refractivity contribution in [2.45, 2.75) is 0 Å². The van der Waals surface area contributed by atoms with Crippen molar-refractivity contribution >= 4 is 16.6 Å². The summed E-state index contributed by atoms with van der Waals surface area (Å²) in [6.45, 7) is 0. The van der Waals surface area contributed by atoms with Crippen LogP contribution in [0.1, 0.15) is 0 Å². The smallest absolute Gasteiger partial charge is 0.260 e. The number of hydrogen-bond acceptors (Lipinski definition) is 3. The zero-order valence-corrected chi connectivity index (χ0v) is 10.8. The van der Waals surface area contributed by atoms with Crippen LogP contribution in [0.4, 0.5) is 5.69 Å². The number of H-pyrrole nitrogens is 1. The summed E-state index contributed by atoms with van der Waals surface area (Å²) in [5.41, 5.74) is 1.58. The Morgan fingerprint density at radius 3 is 2.63 bits per heavy atom. The first-order valence-corrected chi connectivity index (χ1v) is 6.00. The maximum absolute atomic E-state index is 12.1. The number of hydrogen-bond donors (Lipinski definition) is 1. The van der Waals surface area contributed by atoms with Gasteiger partial charge in [-0.2, -0.15) is 0 Å². The SMILES string of the molecule is CN(C)c1ccc2c(=O)[nH]c(-n3cccc3)nc2c1. The van der Waals surface area contributed by atoms with Gasteiger partial charge in [0.15, 0.2) is 0 Å². The molecule has 3 aromatic rings. The van der Waals surface area contributed by atoms with Crippen LogP contribution in [-0.4, -0.2) is 28.6 Å². The molecule has 0 bridgehead atoms. The van der Waals surface area contributed by atoms with E-state index in [1.807, 2.05) is 55.7 Å². The first-order valence-electron chi connectivity index (χ1n) is 6.00. The third kappa shape index (κ3) is 1.99. The zero-order valence-electron chi connectivity index (χ0n) is 10.8. The van der Waals surface area contributed by atoms with Gasteiger partial charge in [-0.3, -0.25) is 14.3 Å². The van der Waals surface area contributed by atoms with Gasteiger partial charge in [0.05, 0.1) is 10.9 Å². The second-order valence-corrected chi connectivity index (χ2v) is 4.58. The van der Waals surface area contributed by atoms with Crippen LogP contribution in [0.3, 0.4) is 0 Å². The third-order valence-electron chi connectivity index (χ3n) is 3.04. The van der Waals surface area contributed by atoms with Gasteiger partial charge in [0.25, 0.3) is 5.56 Å². The fourth-order valence-electron chi connectivity index (χ4n) is 1.99. The van der Waals surface area contributed by atoms with Crippen LogP contribution in [0.25, 0.3) is 16.9 Å². The lowest BCUT2D eigenvalue weighted by molar-refractivity contribution is 0.939. The molecule has 0 fully saturated rings. The lowest BCUT2D eigenvalue weighted by Gasteiger charge is -2.12. The molecule has 0 saturated carbocycles. The molecule has 0 saturated heterocycles.